The third-order valence-corrected chi connectivity index (χ3v) is 4.86. The van der Waals surface area contributed by atoms with E-state index in [0.29, 0.717) is 0 Å². The molecule has 0 aliphatic heterocycles. The van der Waals surface area contributed by atoms with Crippen LogP contribution in [0.15, 0.2) is 16.7 Å². The van der Waals surface area contributed by atoms with Crippen LogP contribution < -0.4 is 10.3 Å². The highest BCUT2D eigenvalue weighted by Gasteiger charge is 2.07. The molecule has 2 heterocycles. The molecule has 0 radical (unpaired) electrons. The Balaban J connectivity index is 1.85. The molecule has 0 bridgehead atoms. The average Bonchev–Trinajstić information content (AvgIpc) is 3.10. The van der Waals surface area contributed by atoms with Crippen molar-refractivity contribution in [1.29, 1.82) is 0 Å². The number of aromatic nitrogens is 2. The van der Waals surface area contributed by atoms with E-state index >= 15 is 0 Å². The van der Waals surface area contributed by atoms with Gasteiger partial charge in [0, 0.05) is 30.4 Å². The lowest BCUT2D eigenvalue weighted by Crippen LogP contribution is -2.21. The van der Waals surface area contributed by atoms with Crippen molar-refractivity contribution in [2.75, 3.05) is 18.0 Å². The summed E-state index contributed by atoms with van der Waals surface area (Å²) in [7, 11) is 0. The van der Waals surface area contributed by atoms with Gasteiger partial charge in [0.2, 0.25) is 5.91 Å². The van der Waals surface area contributed by atoms with E-state index in [1.54, 1.807) is 23.7 Å². The Morgan fingerprint density at radius 1 is 1.45 bits per heavy atom. The molecule has 2 rings (SSSR count). The molecule has 0 aliphatic carbocycles. The second-order valence-corrected chi connectivity index (χ2v) is 6.55. The van der Waals surface area contributed by atoms with Crippen LogP contribution in [-0.4, -0.2) is 35.2 Å². The predicted octanol–water partition coefficient (Wildman–Crippen LogP) is 2.45. The van der Waals surface area contributed by atoms with E-state index in [0.717, 1.165) is 33.8 Å². The summed E-state index contributed by atoms with van der Waals surface area (Å²) in [4.78, 5) is 23.4. The van der Waals surface area contributed by atoms with Gasteiger partial charge in [0.15, 0.2) is 5.13 Å². The summed E-state index contributed by atoms with van der Waals surface area (Å²) in [6, 6.07) is 0. The van der Waals surface area contributed by atoms with E-state index in [-0.39, 0.29) is 12.3 Å². The van der Waals surface area contributed by atoms with Crippen LogP contribution in [0, 0.1) is 6.92 Å². The number of hydrazone groups is 1. The fourth-order valence-corrected chi connectivity index (χ4v) is 3.49. The zero-order valence-electron chi connectivity index (χ0n) is 12.9. The molecule has 0 atom stereocenters. The Bertz CT molecular complexity index is 645. The number of anilines is 1. The molecule has 0 saturated carbocycles. The molecule has 0 saturated heterocycles. The predicted molar refractivity (Wildman–Crippen MR) is 92.0 cm³/mol. The standard InChI is InChI=1S/C14H19N5OS2/c1-4-19(5-2)14-15-7-11(22-14)8-16-18-12(20)6-13-17-10(3)9-21-13/h7-9H,4-6H2,1-3H3,(H,18,20)/b16-8-. The van der Waals surface area contributed by atoms with Crippen molar-refractivity contribution in [1.82, 2.24) is 15.4 Å². The molecule has 8 heteroatoms. The van der Waals surface area contributed by atoms with Crippen molar-refractivity contribution in [3.05, 3.63) is 27.2 Å². The van der Waals surface area contributed by atoms with Crippen molar-refractivity contribution in [2.45, 2.75) is 27.2 Å². The molecular formula is C14H19N5OS2. The van der Waals surface area contributed by atoms with E-state index in [1.165, 1.54) is 11.3 Å². The first-order valence-corrected chi connectivity index (χ1v) is 8.75. The average molecular weight is 337 g/mol. The summed E-state index contributed by atoms with van der Waals surface area (Å²) >= 11 is 3.03. The number of aryl methyl sites for hydroxylation is 1. The Morgan fingerprint density at radius 3 is 2.86 bits per heavy atom. The number of hydrogen-bond acceptors (Lipinski definition) is 7. The van der Waals surface area contributed by atoms with Crippen LogP contribution in [0.25, 0.3) is 0 Å². The fraction of sp³-hybridized carbons (Fsp3) is 0.429. The van der Waals surface area contributed by atoms with Crippen LogP contribution in [0.4, 0.5) is 5.13 Å². The highest BCUT2D eigenvalue weighted by Crippen LogP contribution is 2.20. The van der Waals surface area contributed by atoms with Crippen molar-refractivity contribution < 1.29 is 4.79 Å². The van der Waals surface area contributed by atoms with E-state index in [1.807, 2.05) is 12.3 Å². The Kier molecular flexibility index (Phi) is 6.02. The van der Waals surface area contributed by atoms with Gasteiger partial charge in [0.25, 0.3) is 0 Å². The van der Waals surface area contributed by atoms with Crippen LogP contribution in [0.5, 0.6) is 0 Å². The Hall–Kier alpha value is -1.80. The zero-order chi connectivity index (χ0) is 15.9. The number of nitrogens with zero attached hydrogens (tertiary/aromatic N) is 4. The number of hydrogen-bond donors (Lipinski definition) is 1. The second kappa shape index (κ2) is 8.00. The number of nitrogens with one attached hydrogen (secondary N) is 1. The third kappa shape index (κ3) is 4.60. The molecular weight excluding hydrogens is 318 g/mol. The van der Waals surface area contributed by atoms with Gasteiger partial charge in [0.05, 0.1) is 17.5 Å². The summed E-state index contributed by atoms with van der Waals surface area (Å²) in [6.45, 7) is 7.95. The maximum absolute atomic E-state index is 11.7. The van der Waals surface area contributed by atoms with E-state index in [4.69, 9.17) is 0 Å². The molecule has 6 nitrogen and oxygen atoms in total. The van der Waals surface area contributed by atoms with Crippen LogP contribution in [0.1, 0.15) is 29.4 Å². The first-order chi connectivity index (χ1) is 10.6. The summed E-state index contributed by atoms with van der Waals surface area (Å²) < 4.78 is 0. The Morgan fingerprint density at radius 2 is 2.23 bits per heavy atom. The lowest BCUT2D eigenvalue weighted by atomic mass is 10.4. The van der Waals surface area contributed by atoms with Gasteiger partial charge < -0.3 is 4.90 Å². The van der Waals surface area contributed by atoms with Crippen LogP contribution in [0.3, 0.4) is 0 Å². The fourth-order valence-electron chi connectivity index (χ4n) is 1.81. The Labute approximate surface area is 137 Å². The number of carbonyl (C=O) groups excluding carboxylic acids is 1. The summed E-state index contributed by atoms with van der Waals surface area (Å²) in [5.74, 6) is -0.168. The van der Waals surface area contributed by atoms with E-state index in [2.05, 4.69) is 39.2 Å². The number of carbonyl (C=O) groups is 1. The largest absolute Gasteiger partial charge is 0.349 e. The van der Waals surface area contributed by atoms with Crippen LogP contribution in [-0.2, 0) is 11.2 Å². The quantitative estimate of drug-likeness (QED) is 0.622. The molecule has 1 N–H and O–H groups in total. The minimum Gasteiger partial charge on any atom is -0.349 e. The second-order valence-electron chi connectivity index (χ2n) is 4.57. The molecule has 0 unspecified atom stereocenters. The van der Waals surface area contributed by atoms with E-state index < -0.39 is 0 Å². The third-order valence-electron chi connectivity index (χ3n) is 2.90. The molecule has 2 aromatic heterocycles. The molecule has 22 heavy (non-hydrogen) atoms. The van der Waals surface area contributed by atoms with Gasteiger partial charge in [-0.05, 0) is 20.8 Å². The highest BCUT2D eigenvalue weighted by atomic mass is 32.1. The van der Waals surface area contributed by atoms with Gasteiger partial charge in [-0.3, -0.25) is 4.79 Å². The summed E-state index contributed by atoms with van der Waals surface area (Å²) in [5.41, 5.74) is 3.45. The maximum atomic E-state index is 11.7. The minimum absolute atomic E-state index is 0.168. The number of rotatable bonds is 7. The first-order valence-electron chi connectivity index (χ1n) is 7.06. The molecule has 118 valence electrons. The molecule has 2 aromatic rings. The molecule has 0 aliphatic rings. The van der Waals surface area contributed by atoms with Gasteiger partial charge in [-0.25, -0.2) is 15.4 Å². The summed E-state index contributed by atoms with van der Waals surface area (Å²) in [5, 5.41) is 7.67. The molecule has 0 spiro atoms. The van der Waals surface area contributed by atoms with Gasteiger partial charge in [-0.2, -0.15) is 5.10 Å². The molecule has 1 amide bonds. The molecule has 0 aromatic carbocycles. The first kappa shape index (κ1) is 16.6. The van der Waals surface area contributed by atoms with E-state index in [9.17, 15) is 4.79 Å². The summed E-state index contributed by atoms with van der Waals surface area (Å²) in [6.07, 6.45) is 3.64. The number of amides is 1. The van der Waals surface area contributed by atoms with Crippen LogP contribution >= 0.6 is 22.7 Å². The highest BCUT2D eigenvalue weighted by molar-refractivity contribution is 7.17. The number of thiazole rings is 2. The van der Waals surface area contributed by atoms with Crippen LogP contribution in [0.2, 0.25) is 0 Å². The monoisotopic (exact) mass is 337 g/mol. The van der Waals surface area contributed by atoms with Crippen molar-refractivity contribution in [3.8, 4) is 0 Å². The van der Waals surface area contributed by atoms with Gasteiger partial charge in [-0.1, -0.05) is 11.3 Å². The SMILES string of the molecule is CCN(CC)c1ncc(/C=N\NC(=O)Cc2nc(C)cs2)s1. The topological polar surface area (TPSA) is 70.5 Å². The van der Waals surface area contributed by atoms with Crippen molar-refractivity contribution >= 4 is 39.9 Å². The minimum atomic E-state index is -0.168. The maximum Gasteiger partial charge on any atom is 0.246 e. The lowest BCUT2D eigenvalue weighted by Gasteiger charge is -2.16. The zero-order valence-corrected chi connectivity index (χ0v) is 14.5. The van der Waals surface area contributed by atoms with Gasteiger partial charge in [-0.15, -0.1) is 11.3 Å². The van der Waals surface area contributed by atoms with Gasteiger partial charge >= 0.3 is 0 Å². The van der Waals surface area contributed by atoms with Gasteiger partial charge in [0.1, 0.15) is 5.01 Å². The smallest absolute Gasteiger partial charge is 0.246 e. The molecule has 0 fully saturated rings. The lowest BCUT2D eigenvalue weighted by molar-refractivity contribution is -0.120. The normalized spacial score (nSPS) is 11.0. The van der Waals surface area contributed by atoms with Crippen molar-refractivity contribution in [2.24, 2.45) is 5.10 Å². The van der Waals surface area contributed by atoms with Crippen molar-refractivity contribution in [3.63, 3.8) is 0 Å².